The van der Waals surface area contributed by atoms with Crippen LogP contribution < -0.4 is 10.6 Å². The Balaban J connectivity index is 1.75. The Morgan fingerprint density at radius 2 is 1.50 bits per heavy atom. The quantitative estimate of drug-likeness (QED) is 0.119. The molecule has 8 nitrogen and oxygen atoms in total. The molecule has 0 fully saturated rings. The number of anilines is 1. The van der Waals surface area contributed by atoms with Gasteiger partial charge in [-0.2, -0.15) is 0 Å². The summed E-state index contributed by atoms with van der Waals surface area (Å²) in [6.45, 7) is 9.68. The number of rotatable bonds is 14. The molecular weight excluding hydrogens is 602 g/mol. The van der Waals surface area contributed by atoms with E-state index in [2.05, 4.69) is 17.6 Å². The molecule has 4 aromatic rings. The summed E-state index contributed by atoms with van der Waals surface area (Å²) >= 11 is 0. The summed E-state index contributed by atoms with van der Waals surface area (Å²) < 4.78 is 5.57. The Hall–Kier alpha value is -4.85. The lowest BCUT2D eigenvalue weighted by Gasteiger charge is -2.35. The van der Waals surface area contributed by atoms with Crippen LogP contribution in [-0.2, 0) is 20.7 Å². The number of aromatic hydroxyl groups is 1. The van der Waals surface area contributed by atoms with E-state index in [-0.39, 0.29) is 18.1 Å². The van der Waals surface area contributed by atoms with Crippen LogP contribution in [0.15, 0.2) is 91.0 Å². The highest BCUT2D eigenvalue weighted by Gasteiger charge is 2.37. The van der Waals surface area contributed by atoms with E-state index < -0.39 is 29.7 Å². The first kappa shape index (κ1) is 36.0. The maximum atomic E-state index is 14.8. The van der Waals surface area contributed by atoms with Crippen molar-refractivity contribution in [2.45, 2.75) is 90.8 Å². The van der Waals surface area contributed by atoms with Gasteiger partial charge in [0.05, 0.1) is 0 Å². The topological polar surface area (TPSA) is 108 Å². The number of carbonyl (C=O) groups excluding carboxylic acids is 3. The normalized spacial score (nSPS) is 12.6. The highest BCUT2D eigenvalue weighted by Crippen LogP contribution is 2.29. The number of carbonyl (C=O) groups is 3. The van der Waals surface area contributed by atoms with E-state index >= 15 is 0 Å². The Morgan fingerprint density at radius 1 is 0.833 bits per heavy atom. The number of phenolic OH excluding ortho intramolecular Hbond substituents is 1. The summed E-state index contributed by atoms with van der Waals surface area (Å²) in [6, 6.07) is 25.8. The molecule has 0 saturated carbocycles. The van der Waals surface area contributed by atoms with Crippen molar-refractivity contribution in [3.63, 3.8) is 0 Å². The maximum absolute atomic E-state index is 14.8. The van der Waals surface area contributed by atoms with E-state index in [0.717, 1.165) is 47.6 Å². The number of nitrogens with zero attached hydrogens (tertiary/aromatic N) is 1. The predicted octanol–water partition coefficient (Wildman–Crippen LogP) is 8.47. The minimum absolute atomic E-state index is 0.0976. The molecule has 4 rings (SSSR count). The van der Waals surface area contributed by atoms with Gasteiger partial charge in [0.25, 0.3) is 5.91 Å². The van der Waals surface area contributed by atoms with Crippen LogP contribution in [0.25, 0.3) is 10.8 Å². The number of alkyl carbamates (subject to hydrolysis) is 1. The number of aryl methyl sites for hydroxylation is 1. The van der Waals surface area contributed by atoms with Gasteiger partial charge in [-0.05, 0) is 85.8 Å². The number of ether oxygens (including phenoxy) is 1. The second-order valence-corrected chi connectivity index (χ2v) is 13.3. The summed E-state index contributed by atoms with van der Waals surface area (Å²) in [4.78, 5) is 44.0. The van der Waals surface area contributed by atoms with Crippen LogP contribution in [0.1, 0.15) is 82.5 Å². The van der Waals surface area contributed by atoms with Gasteiger partial charge in [-0.3, -0.25) is 9.59 Å². The van der Waals surface area contributed by atoms with Gasteiger partial charge in [-0.1, -0.05) is 99.3 Å². The molecule has 0 aliphatic heterocycles. The Kier molecular flexibility index (Phi) is 12.6. The van der Waals surface area contributed by atoms with Gasteiger partial charge in [0.1, 0.15) is 23.4 Å². The van der Waals surface area contributed by atoms with Gasteiger partial charge in [0.15, 0.2) is 0 Å². The molecule has 0 saturated heterocycles. The third kappa shape index (κ3) is 10.3. The predicted molar refractivity (Wildman–Crippen MR) is 192 cm³/mol. The lowest BCUT2D eigenvalue weighted by Crippen LogP contribution is -2.53. The van der Waals surface area contributed by atoms with Crippen LogP contribution >= 0.6 is 0 Å². The summed E-state index contributed by atoms with van der Waals surface area (Å²) in [6.07, 6.45) is 4.18. The minimum Gasteiger partial charge on any atom is -0.508 e. The molecule has 0 aromatic heterocycles. The molecule has 4 aromatic carbocycles. The van der Waals surface area contributed by atoms with Crippen LogP contribution in [0.4, 0.5) is 10.5 Å². The Labute approximate surface area is 284 Å². The largest absolute Gasteiger partial charge is 0.508 e. The van der Waals surface area contributed by atoms with Crippen LogP contribution in [0.3, 0.4) is 0 Å². The van der Waals surface area contributed by atoms with Crippen molar-refractivity contribution in [2.75, 3.05) is 11.9 Å². The number of fused-ring (bicyclic) bond motifs is 1. The van der Waals surface area contributed by atoms with Gasteiger partial charge in [0, 0.05) is 18.7 Å². The number of benzene rings is 4. The first-order chi connectivity index (χ1) is 22.9. The van der Waals surface area contributed by atoms with Crippen LogP contribution in [0.5, 0.6) is 5.75 Å². The van der Waals surface area contributed by atoms with Gasteiger partial charge in [0.2, 0.25) is 5.91 Å². The second-order valence-electron chi connectivity index (χ2n) is 13.3. The molecule has 0 aliphatic rings. The van der Waals surface area contributed by atoms with E-state index in [9.17, 15) is 19.5 Å². The zero-order valence-corrected chi connectivity index (χ0v) is 28.8. The molecule has 3 N–H and O–H groups in total. The summed E-state index contributed by atoms with van der Waals surface area (Å²) in [5.74, 6) is -0.645. The average Bonchev–Trinajstić information content (AvgIpc) is 3.04. The fourth-order valence-electron chi connectivity index (χ4n) is 5.79. The molecular formula is C40H49N3O5. The van der Waals surface area contributed by atoms with Crippen molar-refractivity contribution in [3.05, 3.63) is 108 Å². The van der Waals surface area contributed by atoms with Gasteiger partial charge in [-0.25, -0.2) is 4.79 Å². The van der Waals surface area contributed by atoms with Crippen molar-refractivity contribution in [3.8, 4) is 5.75 Å². The van der Waals surface area contributed by atoms with Crippen molar-refractivity contribution >= 4 is 34.4 Å². The first-order valence-corrected chi connectivity index (χ1v) is 16.9. The zero-order valence-electron chi connectivity index (χ0n) is 28.8. The Bertz CT molecular complexity index is 1680. The standard InChI is InChI=1S/C40H49N3O5/c1-6-7-8-9-14-25-43(38(46)35(42-39(47)48-40(3,4)5)26-29-19-23-33(44)24-20-29)36(34-18-13-10-15-28(34)2)37(45)41-32-22-21-30-16-11-12-17-31(30)27-32/h10-13,15-24,27,35-36,44H,6-9,14,25-26H2,1-5H3,(H,41,45)(H,42,47). The number of amides is 3. The number of unbranched alkanes of at least 4 members (excludes halogenated alkanes) is 4. The van der Waals surface area contributed by atoms with Crippen molar-refractivity contribution in [1.82, 2.24) is 10.2 Å². The molecule has 8 heteroatoms. The van der Waals surface area contributed by atoms with Crippen LogP contribution in [0.2, 0.25) is 0 Å². The smallest absolute Gasteiger partial charge is 0.408 e. The van der Waals surface area contributed by atoms with Crippen molar-refractivity contribution < 1.29 is 24.2 Å². The highest BCUT2D eigenvalue weighted by molar-refractivity contribution is 6.00. The molecule has 3 amide bonds. The maximum Gasteiger partial charge on any atom is 0.408 e. The fourth-order valence-corrected chi connectivity index (χ4v) is 5.79. The summed E-state index contributed by atoms with van der Waals surface area (Å²) in [7, 11) is 0. The van der Waals surface area contributed by atoms with Gasteiger partial charge >= 0.3 is 6.09 Å². The third-order valence-corrected chi connectivity index (χ3v) is 8.21. The van der Waals surface area contributed by atoms with E-state index in [0.29, 0.717) is 24.2 Å². The van der Waals surface area contributed by atoms with Crippen LogP contribution in [0, 0.1) is 6.92 Å². The number of hydrogen-bond donors (Lipinski definition) is 3. The van der Waals surface area contributed by atoms with E-state index in [1.807, 2.05) is 73.7 Å². The molecule has 48 heavy (non-hydrogen) atoms. The lowest BCUT2D eigenvalue weighted by molar-refractivity contribution is -0.140. The second kappa shape index (κ2) is 16.8. The average molecular weight is 652 g/mol. The lowest BCUT2D eigenvalue weighted by atomic mass is 9.96. The molecule has 0 radical (unpaired) electrons. The number of phenols is 1. The molecule has 2 atom stereocenters. The molecule has 0 spiro atoms. The molecule has 0 aliphatic carbocycles. The fraction of sp³-hybridized carbons (Fsp3) is 0.375. The Morgan fingerprint density at radius 3 is 2.19 bits per heavy atom. The minimum atomic E-state index is -1.04. The third-order valence-electron chi connectivity index (χ3n) is 8.21. The van der Waals surface area contributed by atoms with Crippen molar-refractivity contribution in [2.24, 2.45) is 0 Å². The number of nitrogens with one attached hydrogen (secondary N) is 2. The highest BCUT2D eigenvalue weighted by atomic mass is 16.6. The first-order valence-electron chi connectivity index (χ1n) is 16.9. The monoisotopic (exact) mass is 651 g/mol. The molecule has 2 unspecified atom stereocenters. The van der Waals surface area contributed by atoms with E-state index in [4.69, 9.17) is 4.74 Å². The summed E-state index contributed by atoms with van der Waals surface area (Å²) in [5, 5.41) is 17.8. The van der Waals surface area contributed by atoms with Gasteiger partial charge < -0.3 is 25.4 Å². The van der Waals surface area contributed by atoms with E-state index in [1.165, 1.54) is 0 Å². The number of hydrogen-bond acceptors (Lipinski definition) is 5. The van der Waals surface area contributed by atoms with Gasteiger partial charge in [-0.15, -0.1) is 0 Å². The molecule has 0 heterocycles. The van der Waals surface area contributed by atoms with Crippen LogP contribution in [-0.4, -0.2) is 46.1 Å². The van der Waals surface area contributed by atoms with Crippen molar-refractivity contribution in [1.29, 1.82) is 0 Å². The molecule has 254 valence electrons. The zero-order chi connectivity index (χ0) is 34.7. The summed E-state index contributed by atoms with van der Waals surface area (Å²) in [5.41, 5.74) is 2.16. The molecule has 0 bridgehead atoms. The SMILES string of the molecule is CCCCCCCN(C(=O)C(Cc1ccc(O)cc1)NC(=O)OC(C)(C)C)C(C(=O)Nc1ccc2ccccc2c1)c1ccccc1C. The van der Waals surface area contributed by atoms with E-state index in [1.54, 1.807) is 49.9 Å².